The number of carbonyl (C=O) groups is 1. The van der Waals surface area contributed by atoms with Gasteiger partial charge in [-0.3, -0.25) is 0 Å². The van der Waals surface area contributed by atoms with E-state index in [-0.39, 0.29) is 11.3 Å². The summed E-state index contributed by atoms with van der Waals surface area (Å²) in [7, 11) is 0. The van der Waals surface area contributed by atoms with E-state index in [1.54, 1.807) is 12.1 Å². The van der Waals surface area contributed by atoms with Crippen molar-refractivity contribution in [3.8, 4) is 11.8 Å². The summed E-state index contributed by atoms with van der Waals surface area (Å²) in [6.07, 6.45) is 7.06. The molecule has 2 aromatic carbocycles. The van der Waals surface area contributed by atoms with Gasteiger partial charge in [0.1, 0.15) is 11.6 Å². The summed E-state index contributed by atoms with van der Waals surface area (Å²) in [5.41, 5.74) is 1.37. The maximum absolute atomic E-state index is 14.5. The van der Waals surface area contributed by atoms with Gasteiger partial charge in [-0.2, -0.15) is 5.26 Å². The first kappa shape index (κ1) is 19.1. The fourth-order valence-electron chi connectivity index (χ4n) is 3.90. The van der Waals surface area contributed by atoms with E-state index in [0.717, 1.165) is 24.3 Å². The van der Waals surface area contributed by atoms with Crippen LogP contribution in [0.5, 0.6) is 5.75 Å². The Morgan fingerprint density at radius 3 is 2.44 bits per heavy atom. The summed E-state index contributed by atoms with van der Waals surface area (Å²) < 4.78 is 19.7. The first-order valence-corrected chi connectivity index (χ1v) is 9.62. The zero-order valence-electron chi connectivity index (χ0n) is 15.6. The van der Waals surface area contributed by atoms with E-state index in [1.165, 1.54) is 49.9 Å². The molecule has 0 spiro atoms. The third-order valence-electron chi connectivity index (χ3n) is 5.42. The third-order valence-corrected chi connectivity index (χ3v) is 5.42. The quantitative estimate of drug-likeness (QED) is 0.483. The monoisotopic (exact) mass is 365 g/mol. The molecule has 140 valence electrons. The lowest BCUT2D eigenvalue weighted by Crippen LogP contribution is -2.15. The van der Waals surface area contributed by atoms with Gasteiger partial charge in [0.15, 0.2) is 0 Å². The van der Waals surface area contributed by atoms with Gasteiger partial charge < -0.3 is 4.74 Å². The Morgan fingerprint density at radius 2 is 1.85 bits per heavy atom. The number of nitrogens with zero attached hydrogens (tertiary/aromatic N) is 1. The first-order chi connectivity index (χ1) is 13.1. The lowest BCUT2D eigenvalue weighted by atomic mass is 9.77. The van der Waals surface area contributed by atoms with Crippen LogP contribution < -0.4 is 4.74 Å². The van der Waals surface area contributed by atoms with Crippen molar-refractivity contribution in [3.05, 3.63) is 65.0 Å². The number of halogens is 1. The van der Waals surface area contributed by atoms with Crippen molar-refractivity contribution >= 4 is 5.97 Å². The molecule has 4 heteroatoms. The van der Waals surface area contributed by atoms with Crippen molar-refractivity contribution in [2.75, 3.05) is 0 Å². The molecular formula is C23H24FNO2. The largest absolute Gasteiger partial charge is 0.423 e. The molecule has 1 aliphatic rings. The summed E-state index contributed by atoms with van der Waals surface area (Å²) in [6, 6.07) is 13.0. The number of hydrogen-bond acceptors (Lipinski definition) is 3. The van der Waals surface area contributed by atoms with E-state index < -0.39 is 11.8 Å². The van der Waals surface area contributed by atoms with Crippen molar-refractivity contribution in [2.45, 2.75) is 51.4 Å². The van der Waals surface area contributed by atoms with Crippen molar-refractivity contribution in [3.63, 3.8) is 0 Å². The second kappa shape index (κ2) is 8.81. The number of benzene rings is 2. The molecule has 27 heavy (non-hydrogen) atoms. The molecule has 0 N–H and O–H groups in total. The molecule has 1 saturated carbocycles. The highest BCUT2D eigenvalue weighted by molar-refractivity contribution is 5.91. The number of ether oxygens (including phenoxy) is 1. The van der Waals surface area contributed by atoms with Gasteiger partial charge in [0, 0.05) is 0 Å². The Labute approximate surface area is 159 Å². The highest BCUT2D eigenvalue weighted by Crippen LogP contribution is 2.37. The average Bonchev–Trinajstić information content (AvgIpc) is 2.69. The molecule has 0 aliphatic heterocycles. The summed E-state index contributed by atoms with van der Waals surface area (Å²) in [4.78, 5) is 12.3. The lowest BCUT2D eigenvalue weighted by molar-refractivity contribution is 0.0730. The molecule has 0 bridgehead atoms. The highest BCUT2D eigenvalue weighted by Gasteiger charge is 2.23. The van der Waals surface area contributed by atoms with Crippen molar-refractivity contribution in [2.24, 2.45) is 5.92 Å². The van der Waals surface area contributed by atoms with Crippen LogP contribution in [-0.4, -0.2) is 5.97 Å². The van der Waals surface area contributed by atoms with E-state index >= 15 is 0 Å². The summed E-state index contributed by atoms with van der Waals surface area (Å²) in [5, 5.41) is 8.79. The number of rotatable bonds is 5. The zero-order valence-corrected chi connectivity index (χ0v) is 15.6. The van der Waals surface area contributed by atoms with E-state index in [4.69, 9.17) is 10.00 Å². The van der Waals surface area contributed by atoms with E-state index in [1.807, 2.05) is 12.1 Å². The maximum Gasteiger partial charge on any atom is 0.346 e. The Kier molecular flexibility index (Phi) is 6.24. The molecule has 1 fully saturated rings. The summed E-state index contributed by atoms with van der Waals surface area (Å²) >= 11 is 0. The average molecular weight is 365 g/mol. The molecule has 0 heterocycles. The molecule has 1 aliphatic carbocycles. The van der Waals surface area contributed by atoms with Gasteiger partial charge in [-0.05, 0) is 79.5 Å². The Hall–Kier alpha value is -2.67. The second-order valence-electron chi connectivity index (χ2n) is 7.27. The van der Waals surface area contributed by atoms with Gasteiger partial charge in [0.05, 0.1) is 17.2 Å². The van der Waals surface area contributed by atoms with Gasteiger partial charge in [0.25, 0.3) is 0 Å². The van der Waals surface area contributed by atoms with Crippen LogP contribution in [0.4, 0.5) is 4.39 Å². The highest BCUT2D eigenvalue weighted by atomic mass is 19.1. The molecule has 0 amide bonds. The molecule has 2 aromatic rings. The fourth-order valence-corrected chi connectivity index (χ4v) is 3.90. The fraction of sp³-hybridized carbons (Fsp3) is 0.391. The Balaban J connectivity index is 1.65. The van der Waals surface area contributed by atoms with Gasteiger partial charge in [-0.1, -0.05) is 25.8 Å². The molecule has 0 aromatic heterocycles. The Morgan fingerprint density at radius 1 is 1.15 bits per heavy atom. The molecular weight excluding hydrogens is 341 g/mol. The standard InChI is InChI=1S/C23H24FNO2/c1-2-3-16-4-8-18(9-5-16)19-10-13-21(22(24)14-19)23(26)27-20-11-6-17(15-25)7-12-20/h6-7,10-14,16,18H,2-5,8-9H2,1H3. The van der Waals surface area contributed by atoms with Gasteiger partial charge in [0.2, 0.25) is 0 Å². The lowest BCUT2D eigenvalue weighted by Gasteiger charge is -2.28. The normalized spacial score (nSPS) is 19.3. The van der Waals surface area contributed by atoms with Crippen LogP contribution in [0.3, 0.4) is 0 Å². The van der Waals surface area contributed by atoms with E-state index in [2.05, 4.69) is 6.92 Å². The van der Waals surface area contributed by atoms with Crippen LogP contribution in [0.15, 0.2) is 42.5 Å². The molecule has 3 rings (SSSR count). The number of nitriles is 1. The van der Waals surface area contributed by atoms with Crippen LogP contribution in [0.1, 0.15) is 72.9 Å². The molecule has 0 atom stereocenters. The van der Waals surface area contributed by atoms with Crippen molar-refractivity contribution in [1.82, 2.24) is 0 Å². The molecule has 3 nitrogen and oxygen atoms in total. The van der Waals surface area contributed by atoms with Crippen molar-refractivity contribution in [1.29, 1.82) is 5.26 Å². The minimum absolute atomic E-state index is 0.0669. The third kappa shape index (κ3) is 4.74. The molecule has 0 saturated heterocycles. The first-order valence-electron chi connectivity index (χ1n) is 9.62. The Bertz CT molecular complexity index is 830. The smallest absolute Gasteiger partial charge is 0.346 e. The summed E-state index contributed by atoms with van der Waals surface area (Å²) in [6.45, 7) is 2.22. The minimum atomic E-state index is -0.726. The predicted molar refractivity (Wildman–Crippen MR) is 102 cm³/mol. The van der Waals surface area contributed by atoms with Crippen LogP contribution >= 0.6 is 0 Å². The van der Waals surface area contributed by atoms with Crippen LogP contribution in [0.25, 0.3) is 0 Å². The molecule has 0 unspecified atom stereocenters. The van der Waals surface area contributed by atoms with Crippen LogP contribution in [0.2, 0.25) is 0 Å². The number of esters is 1. The second-order valence-corrected chi connectivity index (χ2v) is 7.27. The SMILES string of the molecule is CCCC1CCC(c2ccc(C(=O)Oc3ccc(C#N)cc3)c(F)c2)CC1. The zero-order chi connectivity index (χ0) is 19.2. The number of carbonyl (C=O) groups excluding carboxylic acids is 1. The molecule has 0 radical (unpaired) electrons. The van der Waals surface area contributed by atoms with E-state index in [9.17, 15) is 9.18 Å². The summed E-state index contributed by atoms with van der Waals surface area (Å²) in [5.74, 6) is 0.197. The van der Waals surface area contributed by atoms with Crippen molar-refractivity contribution < 1.29 is 13.9 Å². The van der Waals surface area contributed by atoms with Crippen LogP contribution in [0, 0.1) is 23.1 Å². The van der Waals surface area contributed by atoms with Crippen LogP contribution in [-0.2, 0) is 0 Å². The van der Waals surface area contributed by atoms with Gasteiger partial charge in [-0.15, -0.1) is 0 Å². The predicted octanol–water partition coefficient (Wildman–Crippen LogP) is 5.99. The van der Waals surface area contributed by atoms with Gasteiger partial charge >= 0.3 is 5.97 Å². The van der Waals surface area contributed by atoms with E-state index in [0.29, 0.717) is 11.5 Å². The number of hydrogen-bond donors (Lipinski definition) is 0. The van der Waals surface area contributed by atoms with Gasteiger partial charge in [-0.25, -0.2) is 9.18 Å². The topological polar surface area (TPSA) is 50.1 Å². The maximum atomic E-state index is 14.5. The minimum Gasteiger partial charge on any atom is -0.423 e.